The molecule has 0 aliphatic rings. The number of hydrogen-bond acceptors (Lipinski definition) is 3. The van der Waals surface area contributed by atoms with Crippen LogP contribution in [0, 0.1) is 16.7 Å². The van der Waals surface area contributed by atoms with Crippen LogP contribution in [0.5, 0.6) is 0 Å². The lowest BCUT2D eigenvalue weighted by atomic mass is 9.86. The monoisotopic (exact) mass is 259 g/mol. The van der Waals surface area contributed by atoms with E-state index in [9.17, 15) is 4.79 Å². The van der Waals surface area contributed by atoms with Gasteiger partial charge in [-0.3, -0.25) is 4.79 Å². The fraction of sp³-hybridized carbons (Fsp3) is 0.467. The first-order valence-corrected chi connectivity index (χ1v) is 6.47. The zero-order valence-electron chi connectivity index (χ0n) is 11.6. The van der Waals surface area contributed by atoms with Gasteiger partial charge in [0.1, 0.15) is 6.54 Å². The molecule has 0 heterocycles. The third kappa shape index (κ3) is 3.80. The highest BCUT2D eigenvalue weighted by atomic mass is 16.2. The van der Waals surface area contributed by atoms with Crippen molar-refractivity contribution < 1.29 is 4.79 Å². The van der Waals surface area contributed by atoms with E-state index < -0.39 is 5.41 Å². The van der Waals surface area contributed by atoms with Crippen LogP contribution in [0.3, 0.4) is 0 Å². The highest BCUT2D eigenvalue weighted by Gasteiger charge is 2.33. The molecule has 4 heteroatoms. The van der Waals surface area contributed by atoms with Gasteiger partial charge in [0.25, 0.3) is 0 Å². The molecule has 1 aromatic carbocycles. The molecular weight excluding hydrogens is 238 g/mol. The van der Waals surface area contributed by atoms with Crippen LogP contribution in [0.15, 0.2) is 30.3 Å². The van der Waals surface area contributed by atoms with Gasteiger partial charge in [-0.2, -0.15) is 5.26 Å². The van der Waals surface area contributed by atoms with E-state index in [-0.39, 0.29) is 12.5 Å². The van der Waals surface area contributed by atoms with Gasteiger partial charge in [-0.1, -0.05) is 37.3 Å². The first kappa shape index (κ1) is 15.2. The molecule has 0 spiro atoms. The highest BCUT2D eigenvalue weighted by Crippen LogP contribution is 2.23. The average molecular weight is 259 g/mol. The smallest absolute Gasteiger partial charge is 0.230 e. The molecule has 0 saturated carbocycles. The summed E-state index contributed by atoms with van der Waals surface area (Å²) in [7, 11) is 0. The molecule has 0 aliphatic carbocycles. The van der Waals surface area contributed by atoms with Crippen molar-refractivity contribution >= 4 is 5.91 Å². The molecule has 0 saturated heterocycles. The molecule has 0 aliphatic heterocycles. The van der Waals surface area contributed by atoms with Gasteiger partial charge in [0, 0.05) is 13.1 Å². The van der Waals surface area contributed by atoms with Crippen molar-refractivity contribution in [1.82, 2.24) is 4.90 Å². The molecule has 1 aromatic rings. The van der Waals surface area contributed by atoms with Crippen molar-refractivity contribution in [2.45, 2.75) is 26.8 Å². The summed E-state index contributed by atoms with van der Waals surface area (Å²) in [6, 6.07) is 11.7. The first-order valence-electron chi connectivity index (χ1n) is 6.47. The molecule has 2 N–H and O–H groups in total. The number of carbonyl (C=O) groups excluding carboxylic acids is 1. The second-order valence-corrected chi connectivity index (χ2v) is 4.92. The Morgan fingerprint density at radius 3 is 2.53 bits per heavy atom. The van der Waals surface area contributed by atoms with E-state index in [1.54, 1.807) is 4.90 Å². The van der Waals surface area contributed by atoms with E-state index in [4.69, 9.17) is 11.0 Å². The lowest BCUT2D eigenvalue weighted by Crippen LogP contribution is -2.46. The van der Waals surface area contributed by atoms with Gasteiger partial charge in [0.15, 0.2) is 0 Å². The van der Waals surface area contributed by atoms with Crippen molar-refractivity contribution in [3.63, 3.8) is 0 Å². The molecule has 1 rings (SSSR count). The number of hydrogen-bond donors (Lipinski definition) is 1. The minimum atomic E-state index is -0.592. The van der Waals surface area contributed by atoms with Crippen LogP contribution >= 0.6 is 0 Å². The first-order chi connectivity index (χ1) is 9.07. The maximum atomic E-state index is 12.5. The molecule has 0 aromatic heterocycles. The Balaban J connectivity index is 2.89. The third-order valence-electron chi connectivity index (χ3n) is 3.51. The van der Waals surface area contributed by atoms with E-state index in [1.807, 2.05) is 44.2 Å². The molecule has 1 unspecified atom stereocenters. The Labute approximate surface area is 114 Å². The van der Waals surface area contributed by atoms with Gasteiger partial charge >= 0.3 is 0 Å². The van der Waals surface area contributed by atoms with Crippen LogP contribution in [0.2, 0.25) is 0 Å². The van der Waals surface area contributed by atoms with Crippen LogP contribution in [0.4, 0.5) is 0 Å². The Bertz CT molecular complexity index is 446. The summed E-state index contributed by atoms with van der Waals surface area (Å²) in [4.78, 5) is 14.1. The summed E-state index contributed by atoms with van der Waals surface area (Å²) in [6.07, 6.45) is 0.666. The Morgan fingerprint density at radius 1 is 1.42 bits per heavy atom. The fourth-order valence-corrected chi connectivity index (χ4v) is 1.85. The second kappa shape index (κ2) is 6.91. The Hall–Kier alpha value is -1.86. The maximum absolute atomic E-state index is 12.5. The summed E-state index contributed by atoms with van der Waals surface area (Å²) in [5.74, 6) is -0.0529. The molecule has 102 valence electrons. The van der Waals surface area contributed by atoms with Crippen molar-refractivity contribution in [2.75, 3.05) is 13.1 Å². The highest BCUT2D eigenvalue weighted by molar-refractivity contribution is 5.82. The normalized spacial score (nSPS) is 13.4. The average Bonchev–Trinajstić information content (AvgIpc) is 2.46. The van der Waals surface area contributed by atoms with Crippen LogP contribution in [0.1, 0.15) is 25.8 Å². The van der Waals surface area contributed by atoms with E-state index in [1.165, 1.54) is 0 Å². The van der Waals surface area contributed by atoms with Gasteiger partial charge < -0.3 is 10.6 Å². The summed E-state index contributed by atoms with van der Waals surface area (Å²) < 4.78 is 0. The predicted molar refractivity (Wildman–Crippen MR) is 74.9 cm³/mol. The van der Waals surface area contributed by atoms with E-state index in [2.05, 4.69) is 6.07 Å². The fourth-order valence-electron chi connectivity index (χ4n) is 1.85. The molecule has 0 radical (unpaired) electrons. The van der Waals surface area contributed by atoms with Gasteiger partial charge in [0.05, 0.1) is 11.5 Å². The number of carbonyl (C=O) groups is 1. The number of rotatable bonds is 6. The quantitative estimate of drug-likeness (QED) is 0.793. The van der Waals surface area contributed by atoms with Crippen LogP contribution in [0.25, 0.3) is 0 Å². The van der Waals surface area contributed by atoms with Crippen molar-refractivity contribution in [3.8, 4) is 6.07 Å². The lowest BCUT2D eigenvalue weighted by Gasteiger charge is -2.31. The zero-order chi connectivity index (χ0) is 14.3. The molecular formula is C15H21N3O. The molecule has 1 amide bonds. The third-order valence-corrected chi connectivity index (χ3v) is 3.51. The summed E-state index contributed by atoms with van der Waals surface area (Å²) >= 11 is 0. The molecule has 1 atom stereocenters. The number of benzene rings is 1. The van der Waals surface area contributed by atoms with Gasteiger partial charge in [-0.25, -0.2) is 0 Å². The Morgan fingerprint density at radius 2 is 2.05 bits per heavy atom. The van der Waals surface area contributed by atoms with Crippen LogP contribution in [-0.2, 0) is 11.3 Å². The number of nitrogens with two attached hydrogens (primary N) is 1. The molecule has 0 bridgehead atoms. The van der Waals surface area contributed by atoms with Gasteiger partial charge in [-0.05, 0) is 18.9 Å². The minimum Gasteiger partial charge on any atom is -0.329 e. The SMILES string of the molecule is CCC(C)(CN)C(=O)N(CC#N)Cc1ccccc1. The van der Waals surface area contributed by atoms with E-state index in [0.717, 1.165) is 5.56 Å². The largest absolute Gasteiger partial charge is 0.329 e. The van der Waals surface area contributed by atoms with Crippen LogP contribution in [-0.4, -0.2) is 23.9 Å². The zero-order valence-corrected chi connectivity index (χ0v) is 11.6. The van der Waals surface area contributed by atoms with E-state index in [0.29, 0.717) is 19.5 Å². The molecule has 4 nitrogen and oxygen atoms in total. The van der Waals surface area contributed by atoms with Crippen LogP contribution < -0.4 is 5.73 Å². The Kier molecular flexibility index (Phi) is 5.53. The van der Waals surface area contributed by atoms with E-state index >= 15 is 0 Å². The van der Waals surface area contributed by atoms with Gasteiger partial charge in [-0.15, -0.1) is 0 Å². The number of nitrogens with zero attached hydrogens (tertiary/aromatic N) is 2. The molecule has 19 heavy (non-hydrogen) atoms. The summed E-state index contributed by atoms with van der Waals surface area (Å²) in [6.45, 7) is 4.62. The minimum absolute atomic E-state index is 0.0529. The van der Waals surface area contributed by atoms with Crippen molar-refractivity contribution in [2.24, 2.45) is 11.1 Å². The van der Waals surface area contributed by atoms with Crippen molar-refractivity contribution in [1.29, 1.82) is 5.26 Å². The van der Waals surface area contributed by atoms with Gasteiger partial charge in [0.2, 0.25) is 5.91 Å². The summed E-state index contributed by atoms with van der Waals surface area (Å²) in [5.41, 5.74) is 6.14. The predicted octanol–water partition coefficient (Wildman–Crippen LogP) is 1.91. The summed E-state index contributed by atoms with van der Waals surface area (Å²) in [5, 5.41) is 8.90. The molecule has 0 fully saturated rings. The van der Waals surface area contributed by atoms with Crippen molar-refractivity contribution in [3.05, 3.63) is 35.9 Å². The second-order valence-electron chi connectivity index (χ2n) is 4.92. The number of nitriles is 1. The standard InChI is InChI=1S/C15H21N3O/c1-3-15(2,12-17)14(19)18(10-9-16)11-13-7-5-4-6-8-13/h4-8H,3,10-12,17H2,1-2H3. The number of amides is 1. The topological polar surface area (TPSA) is 70.1 Å². The lowest BCUT2D eigenvalue weighted by molar-refractivity contribution is -0.141. The maximum Gasteiger partial charge on any atom is 0.230 e.